The van der Waals surface area contributed by atoms with Gasteiger partial charge in [0.2, 0.25) is 5.88 Å². The second-order valence-electron chi connectivity index (χ2n) is 4.62. The van der Waals surface area contributed by atoms with Crippen molar-refractivity contribution in [1.29, 1.82) is 0 Å². The Bertz CT molecular complexity index is 813. The molecule has 0 unspecified atom stereocenters. The number of carboxylic acid groups (broad SMARTS) is 1. The van der Waals surface area contributed by atoms with Crippen LogP contribution >= 0.6 is 0 Å². The molecule has 0 saturated carbocycles. The van der Waals surface area contributed by atoms with Crippen LogP contribution in [0.2, 0.25) is 0 Å². The van der Waals surface area contributed by atoms with Crippen molar-refractivity contribution >= 4 is 16.7 Å². The zero-order valence-electron chi connectivity index (χ0n) is 11.3. The molecule has 5 heteroatoms. The van der Waals surface area contributed by atoms with Gasteiger partial charge < -0.3 is 9.84 Å². The van der Waals surface area contributed by atoms with Crippen molar-refractivity contribution in [2.75, 3.05) is 0 Å². The highest BCUT2D eigenvalue weighted by Gasteiger charge is 2.14. The van der Waals surface area contributed by atoms with Crippen molar-refractivity contribution in [2.24, 2.45) is 0 Å². The highest BCUT2D eigenvalue weighted by molar-refractivity contribution is 5.97. The van der Waals surface area contributed by atoms with Gasteiger partial charge in [-0.25, -0.2) is 4.79 Å². The second kappa shape index (κ2) is 5.20. The molecule has 1 N–H and O–H groups in total. The molecule has 1 aromatic heterocycles. The Hall–Kier alpha value is -2.95. The summed E-state index contributed by atoms with van der Waals surface area (Å²) < 4.78 is 5.58. The van der Waals surface area contributed by atoms with E-state index >= 15 is 0 Å². The summed E-state index contributed by atoms with van der Waals surface area (Å²) in [6.45, 7) is 1.81. The fraction of sp³-hybridized carbons (Fsp3) is 0.0625. The van der Waals surface area contributed by atoms with Crippen molar-refractivity contribution < 1.29 is 14.6 Å². The lowest BCUT2D eigenvalue weighted by atomic mass is 10.1. The number of nitrogens with zero attached hydrogens (tertiary/aromatic N) is 2. The van der Waals surface area contributed by atoms with Crippen LogP contribution in [0.3, 0.4) is 0 Å². The zero-order chi connectivity index (χ0) is 14.8. The average molecular weight is 280 g/mol. The lowest BCUT2D eigenvalue weighted by Gasteiger charge is -2.09. The molecule has 3 rings (SSSR count). The molecule has 5 nitrogen and oxygen atoms in total. The number of ether oxygens (including phenoxy) is 1. The maximum Gasteiger partial charge on any atom is 0.339 e. The molecule has 0 aliphatic rings. The standard InChI is InChI=1S/C16H12N2O3/c1-10-6-7-15(18-17-10)21-14-9-12-5-3-2-4-11(12)8-13(14)16(19)20/h2-9H,1H3,(H,19,20). The van der Waals surface area contributed by atoms with Gasteiger partial charge in [0.1, 0.15) is 11.3 Å². The summed E-state index contributed by atoms with van der Waals surface area (Å²) in [5, 5.41) is 18.9. The van der Waals surface area contributed by atoms with Crippen LogP contribution < -0.4 is 4.74 Å². The lowest BCUT2D eigenvalue weighted by molar-refractivity contribution is 0.0694. The first-order chi connectivity index (χ1) is 10.1. The Morgan fingerprint density at radius 1 is 1.05 bits per heavy atom. The molecule has 0 aliphatic heterocycles. The summed E-state index contributed by atoms with van der Waals surface area (Å²) in [5.74, 6) is -0.534. The number of aromatic carboxylic acids is 1. The van der Waals surface area contributed by atoms with Crippen molar-refractivity contribution in [1.82, 2.24) is 10.2 Å². The predicted octanol–water partition coefficient (Wildman–Crippen LogP) is 3.43. The minimum Gasteiger partial charge on any atom is -0.478 e. The van der Waals surface area contributed by atoms with E-state index in [1.807, 2.05) is 31.2 Å². The minimum absolute atomic E-state index is 0.0936. The summed E-state index contributed by atoms with van der Waals surface area (Å²) in [6.07, 6.45) is 0. The van der Waals surface area contributed by atoms with Crippen LogP contribution in [0.15, 0.2) is 48.5 Å². The molecule has 0 bridgehead atoms. The van der Waals surface area contributed by atoms with E-state index in [-0.39, 0.29) is 17.2 Å². The van der Waals surface area contributed by atoms with E-state index in [1.54, 1.807) is 24.3 Å². The Labute approximate surface area is 120 Å². The van der Waals surface area contributed by atoms with Crippen LogP contribution in [-0.4, -0.2) is 21.3 Å². The van der Waals surface area contributed by atoms with Crippen LogP contribution in [0.5, 0.6) is 11.6 Å². The number of carbonyl (C=O) groups is 1. The first kappa shape index (κ1) is 13.1. The summed E-state index contributed by atoms with van der Waals surface area (Å²) in [5.41, 5.74) is 0.857. The van der Waals surface area contributed by atoms with Gasteiger partial charge in [-0.15, -0.1) is 5.10 Å². The molecular formula is C16H12N2O3. The van der Waals surface area contributed by atoms with Gasteiger partial charge in [-0.05, 0) is 35.9 Å². The number of carboxylic acids is 1. The average Bonchev–Trinajstić information content (AvgIpc) is 2.48. The number of aryl methyl sites for hydroxylation is 1. The monoisotopic (exact) mass is 280 g/mol. The molecular weight excluding hydrogens is 268 g/mol. The molecule has 104 valence electrons. The predicted molar refractivity (Wildman–Crippen MR) is 77.8 cm³/mol. The highest BCUT2D eigenvalue weighted by Crippen LogP contribution is 2.29. The maximum absolute atomic E-state index is 11.4. The van der Waals surface area contributed by atoms with E-state index in [1.165, 1.54) is 0 Å². The fourth-order valence-corrected chi connectivity index (χ4v) is 2.02. The summed E-state index contributed by atoms with van der Waals surface area (Å²) >= 11 is 0. The largest absolute Gasteiger partial charge is 0.478 e. The van der Waals surface area contributed by atoms with Gasteiger partial charge in [0.15, 0.2) is 0 Å². The quantitative estimate of drug-likeness (QED) is 0.795. The minimum atomic E-state index is -1.05. The Morgan fingerprint density at radius 2 is 1.76 bits per heavy atom. The number of fused-ring (bicyclic) bond motifs is 1. The Morgan fingerprint density at radius 3 is 2.38 bits per heavy atom. The Balaban J connectivity index is 2.09. The molecule has 0 aliphatic carbocycles. The third-order valence-corrected chi connectivity index (χ3v) is 3.07. The molecule has 0 spiro atoms. The highest BCUT2D eigenvalue weighted by atomic mass is 16.5. The number of rotatable bonds is 3. The van der Waals surface area contributed by atoms with E-state index < -0.39 is 5.97 Å². The molecule has 3 aromatic rings. The van der Waals surface area contributed by atoms with E-state index in [2.05, 4.69) is 10.2 Å². The van der Waals surface area contributed by atoms with E-state index in [9.17, 15) is 9.90 Å². The van der Waals surface area contributed by atoms with Gasteiger partial charge in [0.25, 0.3) is 0 Å². The first-order valence-electron chi connectivity index (χ1n) is 6.38. The van der Waals surface area contributed by atoms with Crippen LogP contribution in [0.4, 0.5) is 0 Å². The zero-order valence-corrected chi connectivity index (χ0v) is 11.3. The molecule has 2 aromatic carbocycles. The summed E-state index contributed by atoms with van der Waals surface area (Å²) in [4.78, 5) is 11.4. The topological polar surface area (TPSA) is 72.3 Å². The molecule has 0 saturated heterocycles. The van der Waals surface area contributed by atoms with Crippen LogP contribution in [0.1, 0.15) is 16.1 Å². The lowest BCUT2D eigenvalue weighted by Crippen LogP contribution is -2.01. The van der Waals surface area contributed by atoms with Gasteiger partial charge in [0.05, 0.1) is 5.69 Å². The van der Waals surface area contributed by atoms with Crippen molar-refractivity contribution in [3.05, 3.63) is 59.8 Å². The van der Waals surface area contributed by atoms with Crippen LogP contribution in [-0.2, 0) is 0 Å². The fourth-order valence-electron chi connectivity index (χ4n) is 2.02. The molecule has 0 amide bonds. The third kappa shape index (κ3) is 2.67. The van der Waals surface area contributed by atoms with Gasteiger partial charge in [0, 0.05) is 6.07 Å². The van der Waals surface area contributed by atoms with Crippen molar-refractivity contribution in [2.45, 2.75) is 6.92 Å². The Kier molecular flexibility index (Phi) is 3.23. The number of aromatic nitrogens is 2. The SMILES string of the molecule is Cc1ccc(Oc2cc3ccccc3cc2C(=O)O)nn1. The van der Waals surface area contributed by atoms with Gasteiger partial charge in [-0.1, -0.05) is 24.3 Å². The van der Waals surface area contributed by atoms with Gasteiger partial charge >= 0.3 is 5.97 Å². The van der Waals surface area contributed by atoms with E-state index in [0.717, 1.165) is 16.5 Å². The second-order valence-corrected chi connectivity index (χ2v) is 4.62. The van der Waals surface area contributed by atoms with Crippen LogP contribution in [0, 0.1) is 6.92 Å². The number of hydrogen-bond donors (Lipinski definition) is 1. The van der Waals surface area contributed by atoms with Gasteiger partial charge in [-0.2, -0.15) is 5.10 Å². The van der Waals surface area contributed by atoms with Crippen LogP contribution in [0.25, 0.3) is 10.8 Å². The van der Waals surface area contributed by atoms with E-state index in [4.69, 9.17) is 4.74 Å². The summed E-state index contributed by atoms with van der Waals surface area (Å²) in [6, 6.07) is 14.2. The number of hydrogen-bond acceptors (Lipinski definition) is 4. The number of benzene rings is 2. The molecule has 21 heavy (non-hydrogen) atoms. The van der Waals surface area contributed by atoms with E-state index in [0.29, 0.717) is 0 Å². The van der Waals surface area contributed by atoms with Crippen molar-refractivity contribution in [3.63, 3.8) is 0 Å². The normalized spacial score (nSPS) is 10.5. The molecule has 0 radical (unpaired) electrons. The van der Waals surface area contributed by atoms with Crippen molar-refractivity contribution in [3.8, 4) is 11.6 Å². The van der Waals surface area contributed by atoms with Gasteiger partial charge in [-0.3, -0.25) is 0 Å². The summed E-state index contributed by atoms with van der Waals surface area (Å²) in [7, 11) is 0. The molecule has 0 atom stereocenters. The smallest absolute Gasteiger partial charge is 0.339 e. The third-order valence-electron chi connectivity index (χ3n) is 3.07. The molecule has 1 heterocycles. The molecule has 0 fully saturated rings. The first-order valence-corrected chi connectivity index (χ1v) is 6.38. The maximum atomic E-state index is 11.4.